The van der Waals surface area contributed by atoms with Crippen LogP contribution in [0.3, 0.4) is 0 Å². The van der Waals surface area contributed by atoms with Gasteiger partial charge in [0.25, 0.3) is 5.91 Å². The first-order chi connectivity index (χ1) is 15.4. The number of methoxy groups -OCH3 is 2. The number of nitrogens with one attached hydrogen (secondary N) is 1. The minimum Gasteiger partial charge on any atom is -0.493 e. The molecule has 0 spiro atoms. The molecule has 2 aromatic carbocycles. The molecule has 0 fully saturated rings. The van der Waals surface area contributed by atoms with Crippen LogP contribution < -0.4 is 14.8 Å². The Hall–Kier alpha value is -2.23. The number of hydrogen-bond acceptors (Lipinski definition) is 6. The lowest BCUT2D eigenvalue weighted by molar-refractivity contribution is 0.0950. The normalized spacial score (nSPS) is 14.0. The van der Waals surface area contributed by atoms with Crippen LogP contribution in [0.2, 0.25) is 0 Å². The van der Waals surface area contributed by atoms with Crippen molar-refractivity contribution in [1.29, 1.82) is 0 Å². The number of fused-ring (bicyclic) bond motifs is 1. The van der Waals surface area contributed by atoms with Gasteiger partial charge in [0.2, 0.25) is 10.0 Å². The third kappa shape index (κ3) is 5.76. The number of nitrogens with zero attached hydrogens (tertiary/aromatic N) is 1. The molecular weight excluding hydrogens is 448 g/mol. The molecule has 0 saturated heterocycles. The average molecular weight is 479 g/mol. The van der Waals surface area contributed by atoms with Gasteiger partial charge in [-0.2, -0.15) is 4.31 Å². The third-order valence-electron chi connectivity index (χ3n) is 5.37. The van der Waals surface area contributed by atoms with E-state index in [0.29, 0.717) is 49.5 Å². The largest absolute Gasteiger partial charge is 0.493 e. The van der Waals surface area contributed by atoms with Gasteiger partial charge in [-0.25, -0.2) is 8.42 Å². The van der Waals surface area contributed by atoms with Crippen LogP contribution in [0, 0.1) is 0 Å². The smallest absolute Gasteiger partial charge is 0.252 e. The number of carbonyl (C=O) groups is 1. The van der Waals surface area contributed by atoms with Gasteiger partial charge in [-0.15, -0.1) is 11.8 Å². The molecule has 1 amide bonds. The van der Waals surface area contributed by atoms with Crippen molar-refractivity contribution in [1.82, 2.24) is 9.62 Å². The summed E-state index contributed by atoms with van der Waals surface area (Å²) in [7, 11) is -0.283. The standard InChI is InChI=1S/C23H30N2O5S2/c1-4-31-22-9-6-5-8-19(22)23(26)24-11-7-13-32(27,28)25-12-10-17-14-20(29-2)21(30-3)15-18(17)16-25/h5-6,8-9,14-15H,4,7,10-13,16H2,1-3H3,(H,24,26). The molecule has 0 radical (unpaired) electrons. The summed E-state index contributed by atoms with van der Waals surface area (Å²) in [6.07, 6.45) is 0.976. The zero-order chi connectivity index (χ0) is 23.1. The van der Waals surface area contributed by atoms with Crippen LogP contribution >= 0.6 is 11.8 Å². The summed E-state index contributed by atoms with van der Waals surface area (Å²) in [4.78, 5) is 13.4. The molecule has 0 aliphatic carbocycles. The van der Waals surface area contributed by atoms with Crippen LogP contribution in [-0.2, 0) is 23.0 Å². The highest BCUT2D eigenvalue weighted by Crippen LogP contribution is 2.33. The molecule has 174 valence electrons. The number of benzene rings is 2. The number of hydrogen-bond donors (Lipinski definition) is 1. The molecule has 0 aromatic heterocycles. The summed E-state index contributed by atoms with van der Waals surface area (Å²) in [6.45, 7) is 3.08. The summed E-state index contributed by atoms with van der Waals surface area (Å²) in [5, 5.41) is 2.85. The molecule has 0 bridgehead atoms. The Morgan fingerprint density at radius 2 is 1.81 bits per heavy atom. The second kappa shape index (κ2) is 11.1. The molecule has 0 atom stereocenters. The molecule has 1 heterocycles. The predicted molar refractivity (Wildman–Crippen MR) is 127 cm³/mol. The maximum Gasteiger partial charge on any atom is 0.252 e. The lowest BCUT2D eigenvalue weighted by Crippen LogP contribution is -2.38. The van der Waals surface area contributed by atoms with Gasteiger partial charge in [0.15, 0.2) is 11.5 Å². The molecule has 2 aromatic rings. The van der Waals surface area contributed by atoms with Crippen molar-refractivity contribution in [3.63, 3.8) is 0 Å². The van der Waals surface area contributed by atoms with Crippen molar-refractivity contribution in [2.75, 3.05) is 38.8 Å². The molecule has 0 unspecified atom stereocenters. The second-order valence-electron chi connectivity index (χ2n) is 7.41. The monoisotopic (exact) mass is 478 g/mol. The molecule has 1 N–H and O–H groups in total. The van der Waals surface area contributed by atoms with Crippen molar-refractivity contribution in [2.45, 2.75) is 31.2 Å². The molecule has 9 heteroatoms. The predicted octanol–water partition coefficient (Wildman–Crippen LogP) is 3.32. The minimum absolute atomic E-state index is 0.0126. The van der Waals surface area contributed by atoms with Crippen molar-refractivity contribution >= 4 is 27.7 Å². The minimum atomic E-state index is -3.43. The van der Waals surface area contributed by atoms with Crippen LogP contribution in [0.25, 0.3) is 0 Å². The Bertz CT molecular complexity index is 1060. The van der Waals surface area contributed by atoms with E-state index < -0.39 is 10.0 Å². The topological polar surface area (TPSA) is 84.9 Å². The van der Waals surface area contributed by atoms with E-state index >= 15 is 0 Å². The first-order valence-electron chi connectivity index (χ1n) is 10.6. The highest BCUT2D eigenvalue weighted by Gasteiger charge is 2.27. The lowest BCUT2D eigenvalue weighted by atomic mass is 10.0. The zero-order valence-electron chi connectivity index (χ0n) is 18.7. The maximum atomic E-state index is 12.9. The fraction of sp³-hybridized carbons (Fsp3) is 0.435. The molecule has 32 heavy (non-hydrogen) atoms. The third-order valence-corrected chi connectivity index (χ3v) is 8.23. The number of rotatable bonds is 10. The van der Waals surface area contributed by atoms with E-state index in [4.69, 9.17) is 9.47 Å². The van der Waals surface area contributed by atoms with E-state index in [1.54, 1.807) is 32.0 Å². The second-order valence-corrected chi connectivity index (χ2v) is 10.8. The Morgan fingerprint density at radius 3 is 2.50 bits per heavy atom. The number of ether oxygens (including phenoxy) is 2. The quantitative estimate of drug-likeness (QED) is 0.417. The Balaban J connectivity index is 1.56. The van der Waals surface area contributed by atoms with E-state index in [2.05, 4.69) is 5.32 Å². The highest BCUT2D eigenvalue weighted by molar-refractivity contribution is 7.99. The van der Waals surface area contributed by atoms with Crippen LogP contribution in [-0.4, -0.2) is 57.4 Å². The fourth-order valence-corrected chi connectivity index (χ4v) is 5.99. The number of thioether (sulfide) groups is 1. The van der Waals surface area contributed by atoms with Crippen molar-refractivity contribution < 1.29 is 22.7 Å². The van der Waals surface area contributed by atoms with Crippen molar-refractivity contribution in [3.05, 3.63) is 53.1 Å². The number of amides is 1. The highest BCUT2D eigenvalue weighted by atomic mass is 32.2. The van der Waals surface area contributed by atoms with E-state index in [1.807, 2.05) is 37.3 Å². The Kier molecular flexibility index (Phi) is 8.44. The van der Waals surface area contributed by atoms with Gasteiger partial charge < -0.3 is 14.8 Å². The van der Waals surface area contributed by atoms with Gasteiger partial charge in [-0.3, -0.25) is 4.79 Å². The van der Waals surface area contributed by atoms with Gasteiger partial charge in [-0.1, -0.05) is 19.1 Å². The SMILES string of the molecule is CCSc1ccccc1C(=O)NCCCS(=O)(=O)N1CCc2cc(OC)c(OC)cc2C1. The summed E-state index contributed by atoms with van der Waals surface area (Å²) in [6, 6.07) is 11.2. The first-order valence-corrected chi connectivity index (χ1v) is 13.2. The summed E-state index contributed by atoms with van der Waals surface area (Å²) in [5.74, 6) is 1.93. The van der Waals surface area contributed by atoms with Gasteiger partial charge in [0, 0.05) is 24.5 Å². The molecule has 3 rings (SSSR count). The number of carbonyl (C=O) groups excluding carboxylic acids is 1. The van der Waals surface area contributed by atoms with E-state index in [9.17, 15) is 13.2 Å². The van der Waals surface area contributed by atoms with Gasteiger partial charge in [0.05, 0.1) is 25.5 Å². The average Bonchev–Trinajstić information content (AvgIpc) is 2.80. The van der Waals surface area contributed by atoms with Crippen LogP contribution in [0.4, 0.5) is 0 Å². The maximum absolute atomic E-state index is 12.9. The van der Waals surface area contributed by atoms with E-state index in [0.717, 1.165) is 21.8 Å². The van der Waals surface area contributed by atoms with E-state index in [1.165, 1.54) is 4.31 Å². The zero-order valence-corrected chi connectivity index (χ0v) is 20.4. The van der Waals surface area contributed by atoms with Crippen LogP contribution in [0.1, 0.15) is 34.8 Å². The summed E-state index contributed by atoms with van der Waals surface area (Å²) < 4.78 is 38.0. The first kappa shape index (κ1) is 24.4. The molecular formula is C23H30N2O5S2. The van der Waals surface area contributed by atoms with E-state index in [-0.39, 0.29) is 11.7 Å². The van der Waals surface area contributed by atoms with Crippen molar-refractivity contribution in [3.8, 4) is 11.5 Å². The van der Waals surface area contributed by atoms with Crippen molar-refractivity contribution in [2.24, 2.45) is 0 Å². The Morgan fingerprint density at radius 1 is 1.12 bits per heavy atom. The fourth-order valence-electron chi connectivity index (χ4n) is 3.71. The van der Waals surface area contributed by atoms with Gasteiger partial charge in [-0.05, 0) is 54.0 Å². The summed E-state index contributed by atoms with van der Waals surface area (Å²) in [5.41, 5.74) is 2.63. The number of sulfonamides is 1. The van der Waals surface area contributed by atoms with Crippen LogP contribution in [0.5, 0.6) is 11.5 Å². The van der Waals surface area contributed by atoms with Gasteiger partial charge in [0.1, 0.15) is 0 Å². The Labute approximate surface area is 194 Å². The lowest BCUT2D eigenvalue weighted by Gasteiger charge is -2.29. The molecule has 7 nitrogen and oxygen atoms in total. The molecule has 0 saturated carbocycles. The molecule has 1 aliphatic heterocycles. The molecule has 1 aliphatic rings. The summed E-state index contributed by atoms with van der Waals surface area (Å²) >= 11 is 1.61. The van der Waals surface area contributed by atoms with Gasteiger partial charge >= 0.3 is 0 Å². The van der Waals surface area contributed by atoms with Crippen LogP contribution in [0.15, 0.2) is 41.3 Å².